The highest BCUT2D eigenvalue weighted by Gasteiger charge is 2.58. The minimum Gasteiger partial charge on any atom is -0.374 e. The van der Waals surface area contributed by atoms with Gasteiger partial charge in [0.1, 0.15) is 5.01 Å². The number of fused-ring (bicyclic) bond motifs is 1. The van der Waals surface area contributed by atoms with Crippen molar-refractivity contribution in [2.45, 2.75) is 37.1 Å². The van der Waals surface area contributed by atoms with Gasteiger partial charge in [-0.2, -0.15) is 13.2 Å². The first-order valence-corrected chi connectivity index (χ1v) is 10.3. The van der Waals surface area contributed by atoms with Crippen molar-refractivity contribution in [3.63, 3.8) is 0 Å². The molecule has 1 heterocycles. The van der Waals surface area contributed by atoms with E-state index in [-0.39, 0.29) is 23.2 Å². The molecule has 3 aromatic rings. The van der Waals surface area contributed by atoms with Gasteiger partial charge in [-0.05, 0) is 43.2 Å². The quantitative estimate of drug-likeness (QED) is 0.531. The van der Waals surface area contributed by atoms with E-state index in [1.54, 1.807) is 24.3 Å². The summed E-state index contributed by atoms with van der Waals surface area (Å²) in [4.78, 5) is 28.5. The highest BCUT2D eigenvalue weighted by atomic mass is 32.1. The van der Waals surface area contributed by atoms with Gasteiger partial charge in [-0.15, -0.1) is 11.3 Å². The number of thiazole rings is 1. The van der Waals surface area contributed by atoms with Crippen LogP contribution in [0.25, 0.3) is 10.2 Å². The molecule has 1 atom stereocenters. The zero-order valence-corrected chi connectivity index (χ0v) is 16.9. The van der Waals surface area contributed by atoms with Gasteiger partial charge >= 0.3 is 6.18 Å². The summed E-state index contributed by atoms with van der Waals surface area (Å²) in [5.74, 6) is -1.38. The number of aromatic nitrogens is 1. The summed E-state index contributed by atoms with van der Waals surface area (Å²) in [6.07, 6.45) is -4.58. The first-order chi connectivity index (χ1) is 14.7. The molecule has 6 nitrogen and oxygen atoms in total. The number of nitrogens with one attached hydrogen (secondary N) is 2. The second-order valence-electron chi connectivity index (χ2n) is 7.40. The summed E-state index contributed by atoms with van der Waals surface area (Å²) < 4.78 is 41.9. The van der Waals surface area contributed by atoms with Gasteiger partial charge in [0, 0.05) is 17.3 Å². The maximum Gasteiger partial charge on any atom is 0.424 e. The van der Waals surface area contributed by atoms with Crippen LogP contribution in [-0.4, -0.2) is 34.1 Å². The number of para-hydroxylation sites is 1. The topological polar surface area (TPSA) is 91.3 Å². The zero-order chi connectivity index (χ0) is 22.2. The molecule has 0 radical (unpaired) electrons. The van der Waals surface area contributed by atoms with E-state index < -0.39 is 29.1 Å². The van der Waals surface area contributed by atoms with Gasteiger partial charge in [-0.1, -0.05) is 18.2 Å². The summed E-state index contributed by atoms with van der Waals surface area (Å²) in [5, 5.41) is 15.0. The van der Waals surface area contributed by atoms with Crippen LogP contribution in [0.5, 0.6) is 0 Å². The predicted octanol–water partition coefficient (Wildman–Crippen LogP) is 3.97. The SMILES string of the molecule is O=C(C[C@](O)(c1nc2ccccc2s1)C(F)(F)F)Nc1cccc(C(=O)NC2CC2)c1. The van der Waals surface area contributed by atoms with Crippen LogP contribution in [0.4, 0.5) is 18.9 Å². The molecule has 2 aromatic carbocycles. The molecule has 10 heteroatoms. The van der Waals surface area contributed by atoms with Crippen LogP contribution >= 0.6 is 11.3 Å². The molecule has 162 valence electrons. The second kappa shape index (κ2) is 7.93. The maximum absolute atomic E-state index is 13.8. The third-order valence-corrected chi connectivity index (χ3v) is 6.04. The molecule has 1 aliphatic rings. The zero-order valence-electron chi connectivity index (χ0n) is 16.1. The van der Waals surface area contributed by atoms with Gasteiger partial charge in [0.2, 0.25) is 11.5 Å². The average Bonchev–Trinajstić information content (AvgIpc) is 3.41. The molecular weight excluding hydrogens is 431 g/mol. The predicted molar refractivity (Wildman–Crippen MR) is 110 cm³/mol. The number of aliphatic hydroxyl groups is 1. The summed E-state index contributed by atoms with van der Waals surface area (Å²) in [5.41, 5.74) is -2.70. The Hall–Kier alpha value is -2.98. The van der Waals surface area contributed by atoms with E-state index in [1.807, 2.05) is 0 Å². The van der Waals surface area contributed by atoms with Crippen LogP contribution in [0.15, 0.2) is 48.5 Å². The van der Waals surface area contributed by atoms with E-state index in [2.05, 4.69) is 15.6 Å². The molecule has 1 aromatic heterocycles. The lowest BCUT2D eigenvalue weighted by Gasteiger charge is -2.27. The number of carbonyl (C=O) groups excluding carboxylic acids is 2. The Morgan fingerprint density at radius 3 is 2.55 bits per heavy atom. The molecule has 0 unspecified atom stereocenters. The summed E-state index contributed by atoms with van der Waals surface area (Å²) in [6, 6.07) is 12.4. The molecule has 31 heavy (non-hydrogen) atoms. The van der Waals surface area contributed by atoms with Gasteiger partial charge in [0.25, 0.3) is 5.91 Å². The van der Waals surface area contributed by atoms with Crippen LogP contribution in [0.1, 0.15) is 34.6 Å². The number of rotatable bonds is 6. The third kappa shape index (κ3) is 4.54. The number of carbonyl (C=O) groups is 2. The Morgan fingerprint density at radius 1 is 1.13 bits per heavy atom. The first kappa shape index (κ1) is 21.3. The van der Waals surface area contributed by atoms with E-state index >= 15 is 0 Å². The van der Waals surface area contributed by atoms with E-state index in [0.717, 1.165) is 12.8 Å². The Kier molecular flexibility index (Phi) is 5.44. The van der Waals surface area contributed by atoms with Crippen molar-refractivity contribution in [1.82, 2.24) is 10.3 Å². The Balaban J connectivity index is 1.54. The van der Waals surface area contributed by atoms with E-state index in [9.17, 15) is 27.9 Å². The third-order valence-electron chi connectivity index (χ3n) is 4.85. The van der Waals surface area contributed by atoms with Crippen molar-refractivity contribution in [1.29, 1.82) is 0 Å². The highest BCUT2D eigenvalue weighted by molar-refractivity contribution is 7.18. The van der Waals surface area contributed by atoms with E-state index in [4.69, 9.17) is 0 Å². The number of anilines is 1. The molecular formula is C21H18F3N3O3S. The number of hydrogen-bond donors (Lipinski definition) is 3. The average molecular weight is 449 g/mol. The molecule has 3 N–H and O–H groups in total. The molecule has 0 bridgehead atoms. The minimum atomic E-state index is -5.12. The summed E-state index contributed by atoms with van der Waals surface area (Å²) >= 11 is 0.683. The number of alkyl halides is 3. The Labute approximate surface area is 179 Å². The Bertz CT molecular complexity index is 1110. The van der Waals surface area contributed by atoms with E-state index in [1.165, 1.54) is 24.3 Å². The molecule has 1 fully saturated rings. The molecule has 1 saturated carbocycles. The molecule has 0 saturated heterocycles. The van der Waals surface area contributed by atoms with Crippen molar-refractivity contribution in [2.24, 2.45) is 0 Å². The van der Waals surface area contributed by atoms with Crippen LogP contribution in [0, 0.1) is 0 Å². The highest BCUT2D eigenvalue weighted by Crippen LogP contribution is 2.44. The first-order valence-electron chi connectivity index (χ1n) is 9.52. The lowest BCUT2D eigenvalue weighted by molar-refractivity contribution is -0.266. The van der Waals surface area contributed by atoms with Gasteiger partial charge in [-0.25, -0.2) is 4.98 Å². The molecule has 1 aliphatic carbocycles. The molecule has 0 aliphatic heterocycles. The monoisotopic (exact) mass is 449 g/mol. The van der Waals surface area contributed by atoms with Crippen LogP contribution < -0.4 is 10.6 Å². The lowest BCUT2D eigenvalue weighted by Crippen LogP contribution is -2.45. The van der Waals surface area contributed by atoms with Gasteiger partial charge in [0.05, 0.1) is 16.6 Å². The number of benzene rings is 2. The molecule has 4 rings (SSSR count). The van der Waals surface area contributed by atoms with E-state index in [0.29, 0.717) is 21.6 Å². The largest absolute Gasteiger partial charge is 0.424 e. The van der Waals surface area contributed by atoms with Gasteiger partial charge in [0.15, 0.2) is 0 Å². The van der Waals surface area contributed by atoms with Crippen molar-refractivity contribution < 1.29 is 27.9 Å². The maximum atomic E-state index is 13.8. The van der Waals surface area contributed by atoms with Crippen LogP contribution in [0.2, 0.25) is 0 Å². The second-order valence-corrected chi connectivity index (χ2v) is 8.43. The fourth-order valence-corrected chi connectivity index (χ4v) is 4.09. The van der Waals surface area contributed by atoms with Crippen molar-refractivity contribution in [3.8, 4) is 0 Å². The number of halogens is 3. The molecule has 0 spiro atoms. The van der Waals surface area contributed by atoms with Crippen molar-refractivity contribution in [3.05, 3.63) is 59.1 Å². The fourth-order valence-electron chi connectivity index (χ4n) is 3.02. The van der Waals surface area contributed by atoms with Crippen molar-refractivity contribution >= 4 is 39.1 Å². The smallest absolute Gasteiger partial charge is 0.374 e. The minimum absolute atomic E-state index is 0.140. The number of hydrogen-bond acceptors (Lipinski definition) is 5. The standard InChI is InChI=1S/C21H18F3N3O3S/c22-21(23,24)20(30,19-27-15-6-1-2-7-16(15)31-19)11-17(28)25-14-5-3-4-12(10-14)18(29)26-13-8-9-13/h1-7,10,13,30H,8-9,11H2,(H,25,28)(H,26,29)/t20-/m0/s1. The Morgan fingerprint density at radius 2 is 1.87 bits per heavy atom. The van der Waals surface area contributed by atoms with Gasteiger partial charge in [-0.3, -0.25) is 9.59 Å². The van der Waals surface area contributed by atoms with Crippen molar-refractivity contribution in [2.75, 3.05) is 5.32 Å². The normalized spacial score (nSPS) is 16.0. The van der Waals surface area contributed by atoms with Crippen LogP contribution in [0.3, 0.4) is 0 Å². The fraction of sp³-hybridized carbons (Fsp3) is 0.286. The van der Waals surface area contributed by atoms with Crippen LogP contribution in [-0.2, 0) is 10.4 Å². The molecule has 2 amide bonds. The summed E-state index contributed by atoms with van der Waals surface area (Å²) in [7, 11) is 0. The van der Waals surface area contributed by atoms with Gasteiger partial charge < -0.3 is 15.7 Å². The number of nitrogens with zero attached hydrogens (tertiary/aromatic N) is 1. The lowest BCUT2D eigenvalue weighted by atomic mass is 9.99. The summed E-state index contributed by atoms with van der Waals surface area (Å²) in [6.45, 7) is 0. The number of amides is 2.